The molecule has 0 aromatic heterocycles. The van der Waals surface area contributed by atoms with Crippen molar-refractivity contribution in [2.75, 3.05) is 14.2 Å². The van der Waals surface area contributed by atoms with Crippen LogP contribution in [0.5, 0.6) is 0 Å². The topological polar surface area (TPSA) is 21.3 Å². The summed E-state index contributed by atoms with van der Waals surface area (Å²) < 4.78 is 20.9. The Morgan fingerprint density at radius 3 is 2.52 bits per heavy atom. The number of hydrogen-bond donors (Lipinski definition) is 1. The van der Waals surface area contributed by atoms with E-state index in [0.717, 1.165) is 22.9 Å². The molecule has 0 aliphatic heterocycles. The highest BCUT2D eigenvalue weighted by atomic mass is 79.9. The first kappa shape index (κ1) is 16.9. The molecule has 0 bridgehead atoms. The van der Waals surface area contributed by atoms with Gasteiger partial charge in [-0.3, -0.25) is 0 Å². The summed E-state index contributed by atoms with van der Waals surface area (Å²) in [7, 11) is 3.75. The number of ether oxygens (including phenoxy) is 1. The lowest BCUT2D eigenvalue weighted by atomic mass is 9.82. The second kappa shape index (κ2) is 7.70. The van der Waals surface area contributed by atoms with E-state index in [9.17, 15) is 4.39 Å². The summed E-state index contributed by atoms with van der Waals surface area (Å²) in [5.74, 6) is -0.140. The number of likely N-dealkylation sites (N-methyl/N-ethyl adjacent to an activating group) is 1. The van der Waals surface area contributed by atoms with Crippen LogP contribution in [0.4, 0.5) is 4.39 Å². The maximum atomic E-state index is 14.1. The molecule has 1 aromatic carbocycles. The van der Waals surface area contributed by atoms with E-state index in [0.29, 0.717) is 6.42 Å². The van der Waals surface area contributed by atoms with Crippen LogP contribution in [-0.2, 0) is 11.2 Å². The number of halogens is 2. The molecular formula is C17H25BrFNO. The van der Waals surface area contributed by atoms with E-state index in [1.54, 1.807) is 13.2 Å². The van der Waals surface area contributed by atoms with Crippen molar-refractivity contribution in [3.8, 4) is 0 Å². The fourth-order valence-electron chi connectivity index (χ4n) is 3.49. The average Bonchev–Trinajstić information content (AvgIpc) is 2.74. The highest BCUT2D eigenvalue weighted by molar-refractivity contribution is 9.10. The molecule has 1 unspecified atom stereocenters. The summed E-state index contributed by atoms with van der Waals surface area (Å²) in [6, 6.07) is 5.27. The first-order chi connectivity index (χ1) is 10.1. The van der Waals surface area contributed by atoms with Crippen LogP contribution >= 0.6 is 15.9 Å². The third-order valence-electron chi connectivity index (χ3n) is 4.77. The van der Waals surface area contributed by atoms with Gasteiger partial charge in [0.25, 0.3) is 0 Å². The van der Waals surface area contributed by atoms with Gasteiger partial charge in [-0.05, 0) is 50.1 Å². The van der Waals surface area contributed by atoms with Gasteiger partial charge >= 0.3 is 0 Å². The summed E-state index contributed by atoms with van der Waals surface area (Å²) in [6.45, 7) is 0. The molecule has 21 heavy (non-hydrogen) atoms. The quantitative estimate of drug-likeness (QED) is 0.785. The lowest BCUT2D eigenvalue weighted by Crippen LogP contribution is -2.52. The Kier molecular flexibility index (Phi) is 6.20. The SMILES string of the molecule is CNC(Cc1cc(Br)ccc1F)C1(OC)CCCCCC1. The number of hydrogen-bond acceptors (Lipinski definition) is 2. The molecule has 0 spiro atoms. The van der Waals surface area contributed by atoms with Gasteiger partial charge in [-0.15, -0.1) is 0 Å². The van der Waals surface area contributed by atoms with Crippen LogP contribution in [0.25, 0.3) is 0 Å². The second-order valence-corrected chi connectivity index (χ2v) is 6.88. The summed E-state index contributed by atoms with van der Waals surface area (Å²) in [4.78, 5) is 0. The molecule has 0 heterocycles. The smallest absolute Gasteiger partial charge is 0.126 e. The van der Waals surface area contributed by atoms with Crippen LogP contribution in [0.2, 0.25) is 0 Å². The number of methoxy groups -OCH3 is 1. The Labute approximate surface area is 135 Å². The van der Waals surface area contributed by atoms with E-state index in [1.165, 1.54) is 31.7 Å². The zero-order chi connectivity index (χ0) is 15.3. The predicted molar refractivity (Wildman–Crippen MR) is 88.1 cm³/mol. The van der Waals surface area contributed by atoms with Gasteiger partial charge in [-0.2, -0.15) is 0 Å². The van der Waals surface area contributed by atoms with E-state index in [-0.39, 0.29) is 17.5 Å². The molecule has 1 aromatic rings. The molecule has 2 rings (SSSR count). The van der Waals surface area contributed by atoms with Gasteiger partial charge in [0.2, 0.25) is 0 Å². The third kappa shape index (κ3) is 4.05. The molecule has 2 nitrogen and oxygen atoms in total. The van der Waals surface area contributed by atoms with Crippen LogP contribution in [-0.4, -0.2) is 25.8 Å². The van der Waals surface area contributed by atoms with Crippen molar-refractivity contribution in [1.29, 1.82) is 0 Å². The first-order valence-electron chi connectivity index (χ1n) is 7.77. The molecule has 1 aliphatic carbocycles. The maximum Gasteiger partial charge on any atom is 0.126 e. The number of benzene rings is 1. The fourth-order valence-corrected chi connectivity index (χ4v) is 3.90. The van der Waals surface area contributed by atoms with Gasteiger partial charge in [-0.1, -0.05) is 41.6 Å². The molecule has 4 heteroatoms. The Hall–Kier alpha value is -0.450. The molecule has 1 fully saturated rings. The highest BCUT2D eigenvalue weighted by Gasteiger charge is 2.38. The van der Waals surface area contributed by atoms with Crippen LogP contribution in [0.3, 0.4) is 0 Å². The second-order valence-electron chi connectivity index (χ2n) is 5.96. The van der Waals surface area contributed by atoms with Crippen molar-refractivity contribution in [2.24, 2.45) is 0 Å². The number of nitrogens with one attached hydrogen (secondary N) is 1. The zero-order valence-corrected chi connectivity index (χ0v) is 14.5. The van der Waals surface area contributed by atoms with Gasteiger partial charge in [0.15, 0.2) is 0 Å². The van der Waals surface area contributed by atoms with Gasteiger partial charge in [0.1, 0.15) is 5.82 Å². The zero-order valence-electron chi connectivity index (χ0n) is 12.9. The van der Waals surface area contributed by atoms with Crippen LogP contribution in [0, 0.1) is 5.82 Å². The summed E-state index contributed by atoms with van der Waals surface area (Å²) >= 11 is 3.43. The van der Waals surface area contributed by atoms with Crippen molar-refractivity contribution in [1.82, 2.24) is 5.32 Å². The van der Waals surface area contributed by atoms with Crippen LogP contribution < -0.4 is 5.32 Å². The minimum absolute atomic E-state index is 0.129. The van der Waals surface area contributed by atoms with E-state index < -0.39 is 0 Å². The van der Waals surface area contributed by atoms with E-state index in [4.69, 9.17) is 4.74 Å². The predicted octanol–water partition coefficient (Wildman–Crippen LogP) is 4.46. The van der Waals surface area contributed by atoms with Gasteiger partial charge in [0.05, 0.1) is 5.60 Å². The van der Waals surface area contributed by atoms with Gasteiger partial charge in [-0.25, -0.2) is 4.39 Å². The first-order valence-corrected chi connectivity index (χ1v) is 8.57. The van der Waals surface area contributed by atoms with Gasteiger partial charge in [0, 0.05) is 17.6 Å². The summed E-state index contributed by atoms with van der Waals surface area (Å²) in [5.41, 5.74) is 0.560. The maximum absolute atomic E-state index is 14.1. The molecule has 0 saturated heterocycles. The molecule has 0 radical (unpaired) electrons. The van der Waals surface area contributed by atoms with Crippen molar-refractivity contribution in [2.45, 2.75) is 56.6 Å². The highest BCUT2D eigenvalue weighted by Crippen LogP contribution is 2.34. The Morgan fingerprint density at radius 1 is 1.29 bits per heavy atom. The molecule has 118 valence electrons. The molecule has 1 N–H and O–H groups in total. The van der Waals surface area contributed by atoms with Gasteiger partial charge < -0.3 is 10.1 Å². The largest absolute Gasteiger partial charge is 0.377 e. The molecule has 1 saturated carbocycles. The van der Waals surface area contributed by atoms with Crippen molar-refractivity contribution in [3.63, 3.8) is 0 Å². The minimum Gasteiger partial charge on any atom is -0.377 e. The van der Waals surface area contributed by atoms with Crippen molar-refractivity contribution >= 4 is 15.9 Å². The van der Waals surface area contributed by atoms with Crippen molar-refractivity contribution < 1.29 is 9.13 Å². The molecule has 1 atom stereocenters. The average molecular weight is 358 g/mol. The lowest BCUT2D eigenvalue weighted by Gasteiger charge is -2.39. The standard InChI is InChI=1S/C17H25BrFNO/c1-20-16(12-13-11-14(18)7-8-15(13)19)17(21-2)9-5-3-4-6-10-17/h7-8,11,16,20H,3-6,9-10,12H2,1-2H3. The van der Waals surface area contributed by atoms with Crippen molar-refractivity contribution in [3.05, 3.63) is 34.1 Å². The molecular weight excluding hydrogens is 333 g/mol. The summed E-state index contributed by atoms with van der Waals surface area (Å²) in [6.07, 6.45) is 7.66. The Balaban J connectivity index is 2.22. The minimum atomic E-state index is -0.181. The Morgan fingerprint density at radius 2 is 1.95 bits per heavy atom. The summed E-state index contributed by atoms with van der Waals surface area (Å²) in [5, 5.41) is 3.38. The third-order valence-corrected chi connectivity index (χ3v) is 5.27. The van der Waals surface area contributed by atoms with E-state index in [2.05, 4.69) is 21.2 Å². The number of rotatable bonds is 5. The molecule has 1 aliphatic rings. The fraction of sp³-hybridized carbons (Fsp3) is 0.647. The van der Waals surface area contributed by atoms with E-state index in [1.807, 2.05) is 13.1 Å². The monoisotopic (exact) mass is 357 g/mol. The normalized spacial score (nSPS) is 20.0. The lowest BCUT2D eigenvalue weighted by molar-refractivity contribution is -0.0510. The van der Waals surface area contributed by atoms with E-state index >= 15 is 0 Å². The van der Waals surface area contributed by atoms with Crippen LogP contribution in [0.1, 0.15) is 44.1 Å². The Bertz CT molecular complexity index is 458. The molecule has 0 amide bonds. The van der Waals surface area contributed by atoms with Crippen LogP contribution in [0.15, 0.2) is 22.7 Å².